The number of anilines is 1. The van der Waals surface area contributed by atoms with Crippen molar-refractivity contribution in [3.8, 4) is 0 Å². The fraction of sp³-hybridized carbons (Fsp3) is 0.722. The lowest BCUT2D eigenvalue weighted by Crippen LogP contribution is -2.50. The maximum absolute atomic E-state index is 13.1. The van der Waals surface area contributed by atoms with Crippen LogP contribution >= 0.6 is 11.3 Å². The Labute approximate surface area is 174 Å². The number of carbonyl (C=O) groups excluding carboxylic acids is 1. The molecule has 1 aromatic rings. The van der Waals surface area contributed by atoms with Crippen molar-refractivity contribution >= 4 is 38.5 Å². The molecule has 0 radical (unpaired) electrons. The van der Waals surface area contributed by atoms with Crippen molar-refractivity contribution in [2.24, 2.45) is 0 Å². The van der Waals surface area contributed by atoms with Gasteiger partial charge in [-0.1, -0.05) is 49.9 Å². The molecule has 162 valence electrons. The first-order valence-electron chi connectivity index (χ1n) is 10.1. The highest BCUT2D eigenvalue weighted by Crippen LogP contribution is 2.31. The molecule has 3 N–H and O–H groups in total. The van der Waals surface area contributed by atoms with Crippen molar-refractivity contribution in [1.82, 2.24) is 14.6 Å². The van der Waals surface area contributed by atoms with Crippen LogP contribution < -0.4 is 10.0 Å². The lowest BCUT2D eigenvalue weighted by Gasteiger charge is -2.41. The fourth-order valence-corrected chi connectivity index (χ4v) is 6.21. The van der Waals surface area contributed by atoms with Gasteiger partial charge in [0.2, 0.25) is 0 Å². The van der Waals surface area contributed by atoms with E-state index in [-0.39, 0.29) is 27.5 Å². The number of nitrogens with zero attached hydrogens (tertiary/aromatic N) is 2. The number of nitrogens with one attached hydrogen (secondary N) is 2. The molecule has 2 saturated carbocycles. The quantitative estimate of drug-likeness (QED) is 0.593. The van der Waals surface area contributed by atoms with E-state index in [1.807, 2.05) is 9.62 Å². The Hall–Kier alpha value is -1.72. The van der Waals surface area contributed by atoms with Gasteiger partial charge in [-0.15, -0.1) is 0 Å². The van der Waals surface area contributed by atoms with Crippen molar-refractivity contribution < 1.29 is 23.1 Å². The van der Waals surface area contributed by atoms with Gasteiger partial charge in [0.05, 0.1) is 6.20 Å². The Morgan fingerprint density at radius 3 is 2.14 bits per heavy atom. The zero-order chi connectivity index (χ0) is 20.9. The van der Waals surface area contributed by atoms with Crippen LogP contribution in [-0.4, -0.2) is 54.0 Å². The first kappa shape index (κ1) is 22.0. The van der Waals surface area contributed by atoms with E-state index in [2.05, 4.69) is 10.3 Å². The lowest BCUT2D eigenvalue weighted by molar-refractivity contribution is -0.135. The number of aliphatic carboxylic acids is 1. The number of rotatable bonds is 7. The van der Waals surface area contributed by atoms with Gasteiger partial charge in [-0.05, 0) is 25.7 Å². The second-order valence-electron chi connectivity index (χ2n) is 7.62. The summed E-state index contributed by atoms with van der Waals surface area (Å²) >= 11 is 0.817. The number of hydrogen-bond donors (Lipinski definition) is 3. The lowest BCUT2D eigenvalue weighted by atomic mass is 9.89. The molecule has 0 bridgehead atoms. The summed E-state index contributed by atoms with van der Waals surface area (Å²) in [6, 6.07) is 0.208. The third-order valence-electron chi connectivity index (χ3n) is 5.55. The molecule has 0 spiro atoms. The molecule has 0 aliphatic heterocycles. The summed E-state index contributed by atoms with van der Waals surface area (Å²) < 4.78 is 26.1. The smallest absolute Gasteiger partial charge is 0.324 e. The molecule has 1 heterocycles. The van der Waals surface area contributed by atoms with E-state index in [1.54, 1.807) is 0 Å². The van der Waals surface area contributed by atoms with Crippen LogP contribution in [0.15, 0.2) is 10.4 Å². The summed E-state index contributed by atoms with van der Waals surface area (Å²) in [6.07, 6.45) is 12.0. The molecule has 0 unspecified atom stereocenters. The maximum atomic E-state index is 13.1. The highest BCUT2D eigenvalue weighted by atomic mass is 32.2. The monoisotopic (exact) mass is 444 g/mol. The summed E-state index contributed by atoms with van der Waals surface area (Å²) in [5, 5.41) is 11.6. The van der Waals surface area contributed by atoms with E-state index in [4.69, 9.17) is 5.11 Å². The number of thiazole rings is 1. The van der Waals surface area contributed by atoms with E-state index in [0.717, 1.165) is 68.9 Å². The maximum Gasteiger partial charge on any atom is 0.324 e. The molecule has 11 heteroatoms. The standard InChI is InChI=1S/C18H28N4O5S2/c23-15(24)11-20-29(26,27)16-12-19-17(28-16)21-18(25)22(13-7-3-1-4-8-13)14-9-5-2-6-10-14/h12-14,20H,1-11H2,(H,23,24)(H,19,21,25). The van der Waals surface area contributed by atoms with Crippen LogP contribution in [0.2, 0.25) is 0 Å². The molecule has 0 atom stereocenters. The summed E-state index contributed by atoms with van der Waals surface area (Å²) in [4.78, 5) is 29.7. The first-order valence-corrected chi connectivity index (χ1v) is 12.4. The molecule has 0 aromatic carbocycles. The zero-order valence-corrected chi connectivity index (χ0v) is 17.9. The third-order valence-corrected chi connectivity index (χ3v) is 8.32. The second kappa shape index (κ2) is 9.86. The normalized spacial score (nSPS) is 19.0. The number of hydrogen-bond acceptors (Lipinski definition) is 6. The van der Waals surface area contributed by atoms with E-state index in [9.17, 15) is 18.0 Å². The van der Waals surface area contributed by atoms with E-state index >= 15 is 0 Å². The summed E-state index contributed by atoms with van der Waals surface area (Å²) in [6.45, 7) is -0.709. The number of amides is 2. The summed E-state index contributed by atoms with van der Waals surface area (Å²) in [7, 11) is -3.97. The number of aromatic nitrogens is 1. The van der Waals surface area contributed by atoms with Crippen molar-refractivity contribution in [2.45, 2.75) is 80.5 Å². The number of carbonyl (C=O) groups is 2. The molecule has 2 amide bonds. The molecular formula is C18H28N4O5S2. The van der Waals surface area contributed by atoms with Gasteiger partial charge in [0.1, 0.15) is 6.54 Å². The van der Waals surface area contributed by atoms with Gasteiger partial charge in [-0.2, -0.15) is 4.72 Å². The summed E-state index contributed by atoms with van der Waals surface area (Å²) in [5.41, 5.74) is 0. The van der Waals surface area contributed by atoms with Gasteiger partial charge >= 0.3 is 12.0 Å². The van der Waals surface area contributed by atoms with Gasteiger partial charge in [0.25, 0.3) is 10.0 Å². The van der Waals surface area contributed by atoms with Gasteiger partial charge in [0, 0.05) is 12.1 Å². The molecule has 2 aliphatic rings. The number of urea groups is 1. The van der Waals surface area contributed by atoms with E-state index < -0.39 is 22.5 Å². The predicted octanol–water partition coefficient (Wildman–Crippen LogP) is 3.01. The van der Waals surface area contributed by atoms with Crippen LogP contribution in [0.1, 0.15) is 64.2 Å². The van der Waals surface area contributed by atoms with Gasteiger partial charge in [-0.3, -0.25) is 10.1 Å². The minimum Gasteiger partial charge on any atom is -0.480 e. The van der Waals surface area contributed by atoms with Crippen LogP contribution in [0.3, 0.4) is 0 Å². The summed E-state index contributed by atoms with van der Waals surface area (Å²) in [5.74, 6) is -1.28. The Morgan fingerprint density at radius 1 is 1.07 bits per heavy atom. The first-order chi connectivity index (χ1) is 13.9. The number of sulfonamides is 1. The average Bonchev–Trinajstić information content (AvgIpc) is 3.18. The van der Waals surface area contributed by atoms with Crippen LogP contribution in [0.5, 0.6) is 0 Å². The second-order valence-corrected chi connectivity index (χ2v) is 10.6. The van der Waals surface area contributed by atoms with Gasteiger partial charge < -0.3 is 10.0 Å². The van der Waals surface area contributed by atoms with E-state index in [0.29, 0.717) is 0 Å². The molecule has 2 fully saturated rings. The van der Waals surface area contributed by atoms with Crippen LogP contribution in [-0.2, 0) is 14.8 Å². The highest BCUT2D eigenvalue weighted by molar-refractivity contribution is 7.91. The molecule has 1 aromatic heterocycles. The van der Waals surface area contributed by atoms with Crippen molar-refractivity contribution in [3.63, 3.8) is 0 Å². The highest BCUT2D eigenvalue weighted by Gasteiger charge is 2.33. The number of carboxylic acids is 1. The molecular weight excluding hydrogens is 416 g/mol. The van der Waals surface area contributed by atoms with Crippen LogP contribution in [0.4, 0.5) is 9.93 Å². The van der Waals surface area contributed by atoms with E-state index in [1.165, 1.54) is 12.8 Å². The Kier molecular flexibility index (Phi) is 7.47. The van der Waals surface area contributed by atoms with Gasteiger partial charge in [0.15, 0.2) is 9.34 Å². The van der Waals surface area contributed by atoms with Crippen LogP contribution in [0.25, 0.3) is 0 Å². The van der Waals surface area contributed by atoms with Crippen LogP contribution in [0, 0.1) is 0 Å². The average molecular weight is 445 g/mol. The third kappa shape index (κ3) is 5.89. The molecule has 29 heavy (non-hydrogen) atoms. The van der Waals surface area contributed by atoms with Crippen molar-refractivity contribution in [2.75, 3.05) is 11.9 Å². The Balaban J connectivity index is 1.70. The molecule has 2 aliphatic carbocycles. The minimum atomic E-state index is -3.97. The van der Waals surface area contributed by atoms with Crippen molar-refractivity contribution in [3.05, 3.63) is 6.20 Å². The topological polar surface area (TPSA) is 129 Å². The molecule has 0 saturated heterocycles. The molecule has 3 rings (SSSR count). The predicted molar refractivity (Wildman–Crippen MR) is 110 cm³/mol. The zero-order valence-electron chi connectivity index (χ0n) is 16.3. The largest absolute Gasteiger partial charge is 0.480 e. The SMILES string of the molecule is O=C(O)CNS(=O)(=O)c1cnc(NC(=O)N(C2CCCCC2)C2CCCCC2)s1. The molecule has 9 nitrogen and oxygen atoms in total. The number of carboxylic acid groups (broad SMARTS) is 1. The Morgan fingerprint density at radius 2 is 1.62 bits per heavy atom. The Bertz CT molecular complexity index is 796. The van der Waals surface area contributed by atoms with Crippen molar-refractivity contribution in [1.29, 1.82) is 0 Å². The fourth-order valence-electron chi connectivity index (χ4n) is 4.17. The minimum absolute atomic E-state index is 0.129. The van der Waals surface area contributed by atoms with Gasteiger partial charge in [-0.25, -0.2) is 18.2 Å².